The average molecular weight is 418 g/mol. The summed E-state index contributed by atoms with van der Waals surface area (Å²) < 4.78 is 21.8. The molecule has 0 unspecified atom stereocenters. The largest absolute Gasteiger partial charge is 0.494 e. The molecule has 1 N–H and O–H groups in total. The molecule has 1 aliphatic rings. The van der Waals surface area contributed by atoms with Gasteiger partial charge >= 0.3 is 0 Å². The number of fused-ring (bicyclic) bond motifs is 1. The monoisotopic (exact) mass is 418 g/mol. The highest BCUT2D eigenvalue weighted by atomic mass is 16.7. The van der Waals surface area contributed by atoms with Crippen LogP contribution in [0, 0.1) is 0 Å². The lowest BCUT2D eigenvalue weighted by atomic mass is 10.1. The van der Waals surface area contributed by atoms with Gasteiger partial charge in [0.2, 0.25) is 6.79 Å². The lowest BCUT2D eigenvalue weighted by Gasteiger charge is -2.08. The molecule has 0 atom stereocenters. The molecule has 0 bridgehead atoms. The Morgan fingerprint density at radius 3 is 2.42 bits per heavy atom. The first kappa shape index (κ1) is 20.3. The first-order valence-corrected chi connectivity index (χ1v) is 9.89. The maximum absolute atomic E-state index is 12.3. The van der Waals surface area contributed by atoms with E-state index in [9.17, 15) is 4.79 Å². The van der Waals surface area contributed by atoms with Crippen LogP contribution >= 0.6 is 0 Å². The number of hydrogen-bond donors (Lipinski definition) is 1. The minimum absolute atomic E-state index is 0.216. The van der Waals surface area contributed by atoms with E-state index in [1.165, 1.54) is 0 Å². The first-order valence-electron chi connectivity index (χ1n) is 9.89. The smallest absolute Gasteiger partial charge is 0.271 e. The van der Waals surface area contributed by atoms with Gasteiger partial charge in [0.05, 0.1) is 12.8 Å². The van der Waals surface area contributed by atoms with Gasteiger partial charge in [-0.3, -0.25) is 4.79 Å². The predicted octanol–water partition coefficient (Wildman–Crippen LogP) is 4.16. The van der Waals surface area contributed by atoms with Crippen molar-refractivity contribution in [1.82, 2.24) is 5.43 Å². The van der Waals surface area contributed by atoms with E-state index in [1.54, 1.807) is 30.5 Å². The van der Waals surface area contributed by atoms with Gasteiger partial charge in [-0.25, -0.2) is 5.43 Å². The van der Waals surface area contributed by atoms with Gasteiger partial charge in [-0.05, 0) is 72.6 Å². The van der Waals surface area contributed by atoms with E-state index in [2.05, 4.69) is 10.5 Å². The highest BCUT2D eigenvalue weighted by molar-refractivity contribution is 5.94. The maximum atomic E-state index is 12.3. The number of rotatable bonds is 8. The van der Waals surface area contributed by atoms with E-state index in [0.717, 1.165) is 22.6 Å². The molecule has 0 aromatic heterocycles. The van der Waals surface area contributed by atoms with Crippen LogP contribution in [-0.4, -0.2) is 25.5 Å². The van der Waals surface area contributed by atoms with Crippen LogP contribution in [-0.2, 0) is 6.61 Å². The molecular weight excluding hydrogens is 396 g/mol. The van der Waals surface area contributed by atoms with Crippen LogP contribution in [0.1, 0.15) is 28.4 Å². The predicted molar refractivity (Wildman–Crippen MR) is 116 cm³/mol. The Morgan fingerprint density at radius 1 is 0.968 bits per heavy atom. The molecule has 4 rings (SSSR count). The van der Waals surface area contributed by atoms with E-state index in [-0.39, 0.29) is 12.7 Å². The van der Waals surface area contributed by atoms with Gasteiger partial charge in [0.15, 0.2) is 11.5 Å². The van der Waals surface area contributed by atoms with Crippen molar-refractivity contribution in [2.45, 2.75) is 13.5 Å². The van der Waals surface area contributed by atoms with Gasteiger partial charge < -0.3 is 18.9 Å². The zero-order valence-corrected chi connectivity index (χ0v) is 17.0. The van der Waals surface area contributed by atoms with Gasteiger partial charge in [-0.2, -0.15) is 5.10 Å². The Balaban J connectivity index is 1.27. The third-order valence-electron chi connectivity index (χ3n) is 4.53. The minimum atomic E-state index is -0.295. The quantitative estimate of drug-likeness (QED) is 0.439. The number of carbonyl (C=O) groups is 1. The number of benzene rings is 3. The Morgan fingerprint density at radius 2 is 1.68 bits per heavy atom. The lowest BCUT2D eigenvalue weighted by Crippen LogP contribution is -2.17. The van der Waals surface area contributed by atoms with Crippen LogP contribution < -0.4 is 24.4 Å². The van der Waals surface area contributed by atoms with Crippen molar-refractivity contribution < 1.29 is 23.7 Å². The van der Waals surface area contributed by atoms with Gasteiger partial charge in [-0.15, -0.1) is 0 Å². The van der Waals surface area contributed by atoms with Crippen molar-refractivity contribution in [1.29, 1.82) is 0 Å². The summed E-state index contributed by atoms with van der Waals surface area (Å²) in [6.07, 6.45) is 1.55. The highest BCUT2D eigenvalue weighted by Gasteiger charge is 2.12. The summed E-state index contributed by atoms with van der Waals surface area (Å²) in [6.45, 7) is 3.19. The molecule has 31 heavy (non-hydrogen) atoms. The topological polar surface area (TPSA) is 78.4 Å². The molecule has 3 aromatic rings. The van der Waals surface area contributed by atoms with Gasteiger partial charge in [0, 0.05) is 5.56 Å². The summed E-state index contributed by atoms with van der Waals surface area (Å²) in [5.41, 5.74) is 4.78. The molecule has 0 spiro atoms. The molecular formula is C24H22N2O5. The molecule has 1 amide bonds. The summed E-state index contributed by atoms with van der Waals surface area (Å²) in [5, 5.41) is 4.01. The van der Waals surface area contributed by atoms with Crippen LogP contribution in [0.2, 0.25) is 0 Å². The standard InChI is InChI=1S/C24H22N2O5/c1-2-28-20-8-10-21(11-9-20)29-15-17-3-6-19(7-4-17)24(27)26-25-14-18-5-12-22-23(13-18)31-16-30-22/h3-14H,2,15-16H2,1H3,(H,26,27). The Labute approximate surface area is 180 Å². The normalized spacial score (nSPS) is 12.0. The maximum Gasteiger partial charge on any atom is 0.271 e. The second-order valence-corrected chi connectivity index (χ2v) is 6.70. The molecule has 3 aromatic carbocycles. The zero-order chi connectivity index (χ0) is 21.5. The van der Waals surface area contributed by atoms with Crippen LogP contribution in [0.5, 0.6) is 23.0 Å². The Kier molecular flexibility index (Phi) is 6.32. The third-order valence-corrected chi connectivity index (χ3v) is 4.53. The van der Waals surface area contributed by atoms with E-state index in [4.69, 9.17) is 18.9 Å². The third kappa shape index (κ3) is 5.33. The van der Waals surface area contributed by atoms with Gasteiger partial charge in [0.1, 0.15) is 18.1 Å². The van der Waals surface area contributed by atoms with Crippen LogP contribution in [0.4, 0.5) is 0 Å². The molecule has 1 aliphatic heterocycles. The van der Waals surface area contributed by atoms with Crippen molar-refractivity contribution in [3.05, 3.63) is 83.4 Å². The summed E-state index contributed by atoms with van der Waals surface area (Å²) >= 11 is 0. The number of ether oxygens (including phenoxy) is 4. The van der Waals surface area contributed by atoms with Crippen LogP contribution in [0.3, 0.4) is 0 Å². The Hall–Kier alpha value is -4.00. The number of nitrogens with zero attached hydrogens (tertiary/aromatic N) is 1. The van der Waals surface area contributed by atoms with Crippen molar-refractivity contribution in [3.63, 3.8) is 0 Å². The summed E-state index contributed by atoms with van der Waals surface area (Å²) in [5.74, 6) is 2.64. The molecule has 0 saturated carbocycles. The summed E-state index contributed by atoms with van der Waals surface area (Å²) in [7, 11) is 0. The number of carbonyl (C=O) groups excluding carboxylic acids is 1. The van der Waals surface area contributed by atoms with Crippen molar-refractivity contribution in [2.75, 3.05) is 13.4 Å². The Bertz CT molecular complexity index is 1060. The number of hydrazone groups is 1. The molecule has 0 aliphatic carbocycles. The van der Waals surface area contributed by atoms with Crippen molar-refractivity contribution >= 4 is 12.1 Å². The van der Waals surface area contributed by atoms with Crippen molar-refractivity contribution in [2.24, 2.45) is 5.10 Å². The average Bonchev–Trinajstić information content (AvgIpc) is 3.27. The number of hydrogen-bond acceptors (Lipinski definition) is 6. The van der Waals surface area contributed by atoms with Crippen molar-refractivity contribution in [3.8, 4) is 23.0 Å². The van der Waals surface area contributed by atoms with Crippen LogP contribution in [0.15, 0.2) is 71.8 Å². The number of nitrogens with one attached hydrogen (secondary N) is 1. The fourth-order valence-electron chi connectivity index (χ4n) is 2.94. The highest BCUT2D eigenvalue weighted by Crippen LogP contribution is 2.31. The molecule has 0 radical (unpaired) electrons. The lowest BCUT2D eigenvalue weighted by molar-refractivity contribution is 0.0955. The van der Waals surface area contributed by atoms with Gasteiger partial charge in [0.25, 0.3) is 5.91 Å². The first-order chi connectivity index (χ1) is 15.2. The van der Waals surface area contributed by atoms with E-state index in [0.29, 0.717) is 30.3 Å². The fraction of sp³-hybridized carbons (Fsp3) is 0.167. The van der Waals surface area contributed by atoms with Gasteiger partial charge in [-0.1, -0.05) is 12.1 Å². The van der Waals surface area contributed by atoms with Crippen LogP contribution in [0.25, 0.3) is 0 Å². The molecule has 7 nitrogen and oxygen atoms in total. The summed E-state index contributed by atoms with van der Waals surface area (Å²) in [6, 6.07) is 20.1. The second-order valence-electron chi connectivity index (χ2n) is 6.70. The molecule has 1 heterocycles. The summed E-state index contributed by atoms with van der Waals surface area (Å²) in [4.78, 5) is 12.3. The molecule has 0 saturated heterocycles. The van der Waals surface area contributed by atoms with E-state index >= 15 is 0 Å². The molecule has 0 fully saturated rings. The zero-order valence-electron chi connectivity index (χ0n) is 17.0. The second kappa shape index (κ2) is 9.67. The molecule has 7 heteroatoms. The fourth-order valence-corrected chi connectivity index (χ4v) is 2.94. The van der Waals surface area contributed by atoms with E-state index < -0.39 is 0 Å². The molecule has 158 valence electrons. The minimum Gasteiger partial charge on any atom is -0.494 e. The number of amides is 1. The SMILES string of the molecule is CCOc1ccc(OCc2ccc(C(=O)NN=Cc3ccc4c(c3)OCO4)cc2)cc1. The van der Waals surface area contributed by atoms with E-state index in [1.807, 2.05) is 49.4 Å².